The van der Waals surface area contributed by atoms with E-state index in [-0.39, 0.29) is 0 Å². The highest BCUT2D eigenvalue weighted by molar-refractivity contribution is 5.27. The number of benzene rings is 1. The maximum absolute atomic E-state index is 3.68. The second-order valence-electron chi connectivity index (χ2n) is 6.36. The highest BCUT2D eigenvalue weighted by atomic mass is 14.9. The van der Waals surface area contributed by atoms with E-state index in [9.17, 15) is 0 Å². The van der Waals surface area contributed by atoms with E-state index < -0.39 is 0 Å². The van der Waals surface area contributed by atoms with Crippen LogP contribution in [0.15, 0.2) is 24.3 Å². The fourth-order valence-electron chi connectivity index (χ4n) is 3.18. The highest BCUT2D eigenvalue weighted by Gasteiger charge is 2.20. The molecule has 1 nitrogen and oxygen atoms in total. The Balaban J connectivity index is 1.56. The summed E-state index contributed by atoms with van der Waals surface area (Å²) in [6, 6.07) is 10.1. The molecule has 1 heteroatoms. The molecule has 0 spiro atoms. The number of piperidine rings is 1. The first-order valence-corrected chi connectivity index (χ1v) is 7.63. The Morgan fingerprint density at radius 3 is 2.39 bits per heavy atom. The van der Waals surface area contributed by atoms with Crippen molar-refractivity contribution in [3.05, 3.63) is 35.4 Å². The van der Waals surface area contributed by atoms with Gasteiger partial charge in [0.1, 0.15) is 0 Å². The molecule has 2 aliphatic rings. The van der Waals surface area contributed by atoms with E-state index >= 15 is 0 Å². The molecule has 0 amide bonds. The van der Waals surface area contributed by atoms with Crippen LogP contribution in [-0.2, 0) is 6.42 Å². The first-order chi connectivity index (χ1) is 8.81. The lowest BCUT2D eigenvalue weighted by Gasteiger charge is -2.28. The van der Waals surface area contributed by atoms with Gasteiger partial charge < -0.3 is 5.32 Å². The molecule has 2 fully saturated rings. The third kappa shape index (κ3) is 2.77. The van der Waals surface area contributed by atoms with Crippen LogP contribution in [0, 0.1) is 5.92 Å². The quantitative estimate of drug-likeness (QED) is 0.849. The van der Waals surface area contributed by atoms with E-state index in [1.54, 1.807) is 5.56 Å². The summed E-state index contributed by atoms with van der Waals surface area (Å²) in [5.74, 6) is 1.73. The molecule has 1 aromatic carbocycles. The van der Waals surface area contributed by atoms with Crippen molar-refractivity contribution in [1.82, 2.24) is 5.32 Å². The van der Waals surface area contributed by atoms with Crippen molar-refractivity contribution in [2.24, 2.45) is 5.92 Å². The first-order valence-electron chi connectivity index (χ1n) is 7.63. The fraction of sp³-hybridized carbons (Fsp3) is 0.647. The Morgan fingerprint density at radius 1 is 1.06 bits per heavy atom. The molecule has 2 atom stereocenters. The summed E-state index contributed by atoms with van der Waals surface area (Å²) in [5.41, 5.74) is 3.07. The minimum atomic E-state index is 0.704. The van der Waals surface area contributed by atoms with Crippen LogP contribution in [0.4, 0.5) is 0 Å². The standard InChI is InChI=1S/C17H25N/c1-13-5-10-17(18-12-13)11-14-6-8-16(9-7-14)15-3-2-4-15/h6-9,13,15,17-18H,2-5,10-12H2,1H3. The Morgan fingerprint density at radius 2 is 1.83 bits per heavy atom. The van der Waals surface area contributed by atoms with Crippen molar-refractivity contribution in [2.45, 2.75) is 57.4 Å². The van der Waals surface area contributed by atoms with Crippen LogP contribution in [-0.4, -0.2) is 12.6 Å². The van der Waals surface area contributed by atoms with Crippen molar-refractivity contribution in [3.63, 3.8) is 0 Å². The van der Waals surface area contributed by atoms with Crippen molar-refractivity contribution >= 4 is 0 Å². The van der Waals surface area contributed by atoms with Crippen molar-refractivity contribution in [1.29, 1.82) is 0 Å². The van der Waals surface area contributed by atoms with Crippen LogP contribution in [0.1, 0.15) is 56.1 Å². The minimum absolute atomic E-state index is 0.704. The van der Waals surface area contributed by atoms with E-state index in [2.05, 4.69) is 36.5 Å². The van der Waals surface area contributed by atoms with Gasteiger partial charge in [0.05, 0.1) is 0 Å². The second kappa shape index (κ2) is 5.44. The molecule has 0 radical (unpaired) electrons. The Bertz CT molecular complexity index is 369. The monoisotopic (exact) mass is 243 g/mol. The summed E-state index contributed by atoms with van der Waals surface area (Å²) in [4.78, 5) is 0. The summed E-state index contributed by atoms with van der Waals surface area (Å²) in [5, 5.41) is 3.68. The summed E-state index contributed by atoms with van der Waals surface area (Å²) in [7, 11) is 0. The average molecular weight is 243 g/mol. The molecular weight excluding hydrogens is 218 g/mol. The van der Waals surface area contributed by atoms with Gasteiger partial charge in [0, 0.05) is 6.04 Å². The SMILES string of the molecule is CC1CCC(Cc2ccc(C3CCC3)cc2)NC1. The zero-order valence-electron chi connectivity index (χ0n) is 11.5. The lowest BCUT2D eigenvalue weighted by molar-refractivity contribution is 0.326. The Kier molecular flexibility index (Phi) is 3.69. The zero-order valence-corrected chi connectivity index (χ0v) is 11.5. The maximum Gasteiger partial charge on any atom is 0.0108 e. The van der Waals surface area contributed by atoms with Gasteiger partial charge in [-0.2, -0.15) is 0 Å². The number of hydrogen-bond acceptors (Lipinski definition) is 1. The molecule has 0 aromatic heterocycles. The van der Waals surface area contributed by atoms with Gasteiger partial charge in [0.25, 0.3) is 0 Å². The van der Waals surface area contributed by atoms with E-state index in [0.717, 1.165) is 11.8 Å². The lowest BCUT2D eigenvalue weighted by Crippen LogP contribution is -2.39. The molecule has 1 aromatic rings. The van der Waals surface area contributed by atoms with Gasteiger partial charge in [-0.1, -0.05) is 37.6 Å². The molecule has 3 rings (SSSR count). The summed E-state index contributed by atoms with van der Waals surface area (Å²) in [6.45, 7) is 3.54. The van der Waals surface area contributed by atoms with E-state index in [1.165, 1.54) is 50.6 Å². The van der Waals surface area contributed by atoms with Crippen LogP contribution in [0.25, 0.3) is 0 Å². The zero-order chi connectivity index (χ0) is 12.4. The minimum Gasteiger partial charge on any atom is -0.313 e. The topological polar surface area (TPSA) is 12.0 Å². The van der Waals surface area contributed by atoms with Gasteiger partial charge in [0.15, 0.2) is 0 Å². The molecule has 1 heterocycles. The van der Waals surface area contributed by atoms with Gasteiger partial charge in [-0.15, -0.1) is 0 Å². The largest absolute Gasteiger partial charge is 0.313 e. The third-order valence-electron chi connectivity index (χ3n) is 4.80. The molecular formula is C17H25N. The third-order valence-corrected chi connectivity index (χ3v) is 4.80. The molecule has 1 saturated carbocycles. The van der Waals surface area contributed by atoms with Gasteiger partial charge in [0.2, 0.25) is 0 Å². The predicted molar refractivity (Wildman–Crippen MR) is 76.9 cm³/mol. The average Bonchev–Trinajstić information content (AvgIpc) is 2.32. The highest BCUT2D eigenvalue weighted by Crippen LogP contribution is 2.36. The van der Waals surface area contributed by atoms with Crippen molar-refractivity contribution in [2.75, 3.05) is 6.54 Å². The molecule has 1 N–H and O–H groups in total. The summed E-state index contributed by atoms with van der Waals surface area (Å²) >= 11 is 0. The van der Waals surface area contributed by atoms with E-state index in [1.807, 2.05) is 0 Å². The van der Waals surface area contributed by atoms with Crippen molar-refractivity contribution in [3.8, 4) is 0 Å². The second-order valence-corrected chi connectivity index (χ2v) is 6.36. The normalized spacial score (nSPS) is 28.9. The van der Waals surface area contributed by atoms with Gasteiger partial charge in [-0.25, -0.2) is 0 Å². The fourth-order valence-corrected chi connectivity index (χ4v) is 3.18. The molecule has 1 aliphatic heterocycles. The van der Waals surface area contributed by atoms with Gasteiger partial charge in [-0.05, 0) is 61.6 Å². The Hall–Kier alpha value is -0.820. The van der Waals surface area contributed by atoms with Crippen LogP contribution in [0.5, 0.6) is 0 Å². The molecule has 1 aliphatic carbocycles. The van der Waals surface area contributed by atoms with Gasteiger partial charge >= 0.3 is 0 Å². The molecule has 2 unspecified atom stereocenters. The van der Waals surface area contributed by atoms with Crippen LogP contribution < -0.4 is 5.32 Å². The number of nitrogens with one attached hydrogen (secondary N) is 1. The Labute approximate surface area is 111 Å². The van der Waals surface area contributed by atoms with E-state index in [4.69, 9.17) is 0 Å². The van der Waals surface area contributed by atoms with Gasteiger partial charge in [-0.3, -0.25) is 0 Å². The molecule has 0 bridgehead atoms. The molecule has 18 heavy (non-hydrogen) atoms. The molecule has 1 saturated heterocycles. The smallest absolute Gasteiger partial charge is 0.0108 e. The van der Waals surface area contributed by atoms with Crippen LogP contribution >= 0.6 is 0 Å². The maximum atomic E-state index is 3.68. The predicted octanol–water partition coefficient (Wildman–Crippen LogP) is 3.88. The van der Waals surface area contributed by atoms with Crippen molar-refractivity contribution < 1.29 is 0 Å². The summed E-state index contributed by atoms with van der Waals surface area (Å²) in [6.07, 6.45) is 8.17. The van der Waals surface area contributed by atoms with E-state index in [0.29, 0.717) is 6.04 Å². The first kappa shape index (κ1) is 12.2. The number of hydrogen-bond donors (Lipinski definition) is 1. The lowest BCUT2D eigenvalue weighted by atomic mass is 9.80. The number of rotatable bonds is 3. The van der Waals surface area contributed by atoms with Crippen LogP contribution in [0.3, 0.4) is 0 Å². The molecule has 98 valence electrons. The van der Waals surface area contributed by atoms with Crippen LogP contribution in [0.2, 0.25) is 0 Å². The summed E-state index contributed by atoms with van der Waals surface area (Å²) < 4.78 is 0.